The van der Waals surface area contributed by atoms with Gasteiger partial charge in [0.1, 0.15) is 5.75 Å². The number of rotatable bonds is 6. The standard InChI is InChI=1S/C22H21N3O3/c26-18-10-5-4-9-17(18)20-19(16-7-2-1-3-8-16)21(27)22(28)25(20)13-6-12-24-14-11-23-15-24/h1-5,7-11,14-15,20,26-27H,6,12-13H2. The Morgan fingerprint density at radius 1 is 0.964 bits per heavy atom. The SMILES string of the molecule is O=C1C(O)=C(c2ccccc2)C(c2ccccc2O)N1CCCn1ccnc1. The van der Waals surface area contributed by atoms with Crippen molar-refractivity contribution in [2.75, 3.05) is 6.54 Å². The number of phenolic OH excluding ortho intramolecular Hbond substituents is 1. The summed E-state index contributed by atoms with van der Waals surface area (Å²) in [6, 6.07) is 15.7. The normalized spacial score (nSPS) is 16.8. The van der Waals surface area contributed by atoms with Crippen LogP contribution in [0.3, 0.4) is 0 Å². The molecule has 2 heterocycles. The van der Waals surface area contributed by atoms with Gasteiger partial charge in [-0.3, -0.25) is 4.79 Å². The number of hydrogen-bond donors (Lipinski definition) is 2. The monoisotopic (exact) mass is 375 g/mol. The first kappa shape index (κ1) is 17.9. The van der Waals surface area contributed by atoms with Crippen LogP contribution in [0.15, 0.2) is 79.1 Å². The zero-order valence-corrected chi connectivity index (χ0v) is 15.3. The first-order chi connectivity index (χ1) is 13.7. The number of carbonyl (C=O) groups excluding carboxylic acids is 1. The summed E-state index contributed by atoms with van der Waals surface area (Å²) in [4.78, 5) is 18.5. The second-order valence-corrected chi connectivity index (χ2v) is 6.74. The van der Waals surface area contributed by atoms with Gasteiger partial charge in [0.25, 0.3) is 5.91 Å². The molecule has 1 aromatic heterocycles. The number of imidazole rings is 1. The zero-order valence-electron chi connectivity index (χ0n) is 15.3. The lowest BCUT2D eigenvalue weighted by Gasteiger charge is -2.28. The van der Waals surface area contributed by atoms with E-state index < -0.39 is 11.9 Å². The number of phenols is 1. The predicted molar refractivity (Wildman–Crippen MR) is 105 cm³/mol. The van der Waals surface area contributed by atoms with E-state index in [-0.39, 0.29) is 11.5 Å². The number of aromatic nitrogens is 2. The minimum absolute atomic E-state index is 0.100. The third kappa shape index (κ3) is 3.24. The quantitative estimate of drug-likeness (QED) is 0.691. The molecule has 0 fully saturated rings. The maximum atomic E-state index is 12.9. The van der Waals surface area contributed by atoms with Crippen molar-refractivity contribution in [3.63, 3.8) is 0 Å². The Kier molecular flexibility index (Phi) is 4.85. The number of aryl methyl sites for hydroxylation is 1. The van der Waals surface area contributed by atoms with E-state index in [1.165, 1.54) is 0 Å². The van der Waals surface area contributed by atoms with Gasteiger partial charge in [-0.2, -0.15) is 0 Å². The molecular formula is C22H21N3O3. The van der Waals surface area contributed by atoms with Crippen molar-refractivity contribution in [3.8, 4) is 5.75 Å². The molecule has 0 saturated heterocycles. The summed E-state index contributed by atoms with van der Waals surface area (Å²) in [5, 5.41) is 21.1. The van der Waals surface area contributed by atoms with E-state index in [2.05, 4.69) is 4.98 Å². The summed E-state index contributed by atoms with van der Waals surface area (Å²) >= 11 is 0. The summed E-state index contributed by atoms with van der Waals surface area (Å²) in [5.41, 5.74) is 1.88. The van der Waals surface area contributed by atoms with Crippen molar-refractivity contribution >= 4 is 11.5 Å². The molecule has 2 aromatic carbocycles. The number of nitrogens with zero attached hydrogens (tertiary/aromatic N) is 3. The van der Waals surface area contributed by atoms with Crippen LogP contribution in [0.2, 0.25) is 0 Å². The van der Waals surface area contributed by atoms with Crippen LogP contribution in [0.5, 0.6) is 5.75 Å². The molecule has 0 aliphatic carbocycles. The highest BCUT2D eigenvalue weighted by molar-refractivity contribution is 6.05. The van der Waals surface area contributed by atoms with Crippen LogP contribution in [-0.4, -0.2) is 37.1 Å². The van der Waals surface area contributed by atoms with Crippen LogP contribution in [0, 0.1) is 0 Å². The van der Waals surface area contributed by atoms with E-state index >= 15 is 0 Å². The van der Waals surface area contributed by atoms with Crippen LogP contribution in [0.1, 0.15) is 23.6 Å². The average Bonchev–Trinajstić information content (AvgIpc) is 3.31. The lowest BCUT2D eigenvalue weighted by atomic mass is 9.93. The molecule has 0 spiro atoms. The van der Waals surface area contributed by atoms with E-state index in [9.17, 15) is 15.0 Å². The highest BCUT2D eigenvalue weighted by atomic mass is 16.3. The average molecular weight is 375 g/mol. The minimum atomic E-state index is -0.543. The van der Waals surface area contributed by atoms with Gasteiger partial charge in [-0.05, 0) is 18.1 Å². The highest BCUT2D eigenvalue weighted by Gasteiger charge is 2.41. The molecule has 6 nitrogen and oxygen atoms in total. The van der Waals surface area contributed by atoms with Gasteiger partial charge in [0.2, 0.25) is 0 Å². The van der Waals surface area contributed by atoms with Gasteiger partial charge in [-0.25, -0.2) is 4.98 Å². The number of amides is 1. The Morgan fingerprint density at radius 2 is 1.71 bits per heavy atom. The Labute approximate surface area is 163 Å². The number of aliphatic hydroxyl groups excluding tert-OH is 1. The van der Waals surface area contributed by atoms with E-state index in [1.54, 1.807) is 35.6 Å². The third-order valence-corrected chi connectivity index (χ3v) is 4.99. The first-order valence-electron chi connectivity index (χ1n) is 9.20. The Hall–Kier alpha value is -3.54. The molecule has 1 unspecified atom stereocenters. The van der Waals surface area contributed by atoms with E-state index in [0.717, 1.165) is 5.56 Å². The number of carbonyl (C=O) groups is 1. The third-order valence-electron chi connectivity index (χ3n) is 4.99. The number of aliphatic hydroxyl groups is 1. The van der Waals surface area contributed by atoms with Crippen molar-refractivity contribution in [1.29, 1.82) is 0 Å². The Balaban J connectivity index is 1.69. The molecule has 3 aromatic rings. The number of aromatic hydroxyl groups is 1. The van der Waals surface area contributed by atoms with Crippen molar-refractivity contribution in [3.05, 3.63) is 90.2 Å². The molecular weight excluding hydrogens is 354 g/mol. The van der Waals surface area contributed by atoms with Gasteiger partial charge in [-0.1, -0.05) is 48.5 Å². The minimum Gasteiger partial charge on any atom is -0.508 e. The fourth-order valence-electron chi connectivity index (χ4n) is 3.68. The van der Waals surface area contributed by atoms with E-state index in [4.69, 9.17) is 0 Å². The second kappa shape index (κ2) is 7.60. The maximum Gasteiger partial charge on any atom is 0.289 e. The molecule has 1 aliphatic heterocycles. The summed E-state index contributed by atoms with van der Waals surface area (Å²) in [7, 11) is 0. The first-order valence-corrected chi connectivity index (χ1v) is 9.20. The van der Waals surface area contributed by atoms with Gasteiger partial charge >= 0.3 is 0 Å². The molecule has 4 rings (SSSR count). The summed E-state index contributed by atoms with van der Waals surface area (Å²) < 4.78 is 1.95. The number of benzene rings is 2. The molecule has 2 N–H and O–H groups in total. The van der Waals surface area contributed by atoms with Gasteiger partial charge in [0.15, 0.2) is 5.76 Å². The van der Waals surface area contributed by atoms with Crippen LogP contribution in [0.25, 0.3) is 5.57 Å². The molecule has 1 atom stereocenters. The Bertz CT molecular complexity index is 997. The van der Waals surface area contributed by atoms with Crippen LogP contribution >= 0.6 is 0 Å². The topological polar surface area (TPSA) is 78.6 Å². The maximum absolute atomic E-state index is 12.9. The molecule has 1 amide bonds. The molecule has 1 aliphatic rings. The van der Waals surface area contributed by atoms with Crippen LogP contribution in [0.4, 0.5) is 0 Å². The molecule has 0 saturated carbocycles. The second-order valence-electron chi connectivity index (χ2n) is 6.74. The van der Waals surface area contributed by atoms with E-state index in [0.29, 0.717) is 30.6 Å². The summed E-state index contributed by atoms with van der Waals surface area (Å²) in [6.07, 6.45) is 6.02. The van der Waals surface area contributed by atoms with Crippen molar-refractivity contribution < 1.29 is 15.0 Å². The van der Waals surface area contributed by atoms with Gasteiger partial charge < -0.3 is 19.7 Å². The summed E-state index contributed by atoms with van der Waals surface area (Å²) in [6.45, 7) is 1.15. The van der Waals surface area contributed by atoms with Crippen LogP contribution in [-0.2, 0) is 11.3 Å². The molecule has 0 radical (unpaired) electrons. The number of hydrogen-bond acceptors (Lipinski definition) is 4. The van der Waals surface area contributed by atoms with Crippen molar-refractivity contribution in [1.82, 2.24) is 14.5 Å². The fraction of sp³-hybridized carbons (Fsp3) is 0.182. The van der Waals surface area contributed by atoms with Crippen molar-refractivity contribution in [2.24, 2.45) is 0 Å². The molecule has 142 valence electrons. The molecule has 6 heteroatoms. The number of para-hydroxylation sites is 1. The summed E-state index contributed by atoms with van der Waals surface area (Å²) in [5.74, 6) is -0.581. The zero-order chi connectivity index (χ0) is 19.5. The smallest absolute Gasteiger partial charge is 0.289 e. The predicted octanol–water partition coefficient (Wildman–Crippen LogP) is 3.53. The van der Waals surface area contributed by atoms with Crippen LogP contribution < -0.4 is 0 Å². The van der Waals surface area contributed by atoms with Crippen molar-refractivity contribution in [2.45, 2.75) is 19.0 Å². The molecule has 0 bridgehead atoms. The van der Waals surface area contributed by atoms with Gasteiger partial charge in [0.05, 0.1) is 12.4 Å². The van der Waals surface area contributed by atoms with Gasteiger partial charge in [-0.15, -0.1) is 0 Å². The largest absolute Gasteiger partial charge is 0.508 e. The lowest BCUT2D eigenvalue weighted by Crippen LogP contribution is -2.31. The lowest BCUT2D eigenvalue weighted by molar-refractivity contribution is -0.129. The molecule has 28 heavy (non-hydrogen) atoms. The van der Waals surface area contributed by atoms with E-state index in [1.807, 2.05) is 47.2 Å². The Morgan fingerprint density at radius 3 is 2.43 bits per heavy atom. The fourth-order valence-corrected chi connectivity index (χ4v) is 3.68. The van der Waals surface area contributed by atoms with Gasteiger partial charge in [0, 0.05) is 36.6 Å². The highest BCUT2D eigenvalue weighted by Crippen LogP contribution is 2.45.